The first-order valence-electron chi connectivity index (χ1n) is 7.37. The maximum Gasteiger partial charge on any atom is 0.119 e. The lowest BCUT2D eigenvalue weighted by molar-refractivity contribution is 0.301. The number of halogens is 1. The van der Waals surface area contributed by atoms with Gasteiger partial charge in [-0.15, -0.1) is 0 Å². The Balaban J connectivity index is 1.83. The van der Waals surface area contributed by atoms with Crippen LogP contribution in [0.2, 0.25) is 5.02 Å². The summed E-state index contributed by atoms with van der Waals surface area (Å²) in [6, 6.07) is 18.1. The standard InChI is InChI=1S/C18H22ClNO/c1-20-14-16(15-7-5-9-17(19)13-15)8-6-12-21-18-10-3-2-4-11-18/h2-5,7,9-11,13,16,20H,6,8,12,14H2,1H3. The second kappa shape index (κ2) is 8.71. The van der Waals surface area contributed by atoms with Crippen LogP contribution >= 0.6 is 11.6 Å². The van der Waals surface area contributed by atoms with E-state index in [1.165, 1.54) is 5.56 Å². The smallest absolute Gasteiger partial charge is 0.119 e. The summed E-state index contributed by atoms with van der Waals surface area (Å²) < 4.78 is 5.75. The Morgan fingerprint density at radius 2 is 1.90 bits per heavy atom. The minimum Gasteiger partial charge on any atom is -0.494 e. The van der Waals surface area contributed by atoms with Gasteiger partial charge in [-0.2, -0.15) is 0 Å². The molecule has 21 heavy (non-hydrogen) atoms. The second-order valence-electron chi connectivity index (χ2n) is 5.11. The molecule has 0 bridgehead atoms. The first-order valence-corrected chi connectivity index (χ1v) is 7.75. The molecule has 0 saturated heterocycles. The predicted octanol–water partition coefficient (Wildman–Crippen LogP) is 4.50. The number of hydrogen-bond donors (Lipinski definition) is 1. The third-order valence-electron chi connectivity index (χ3n) is 3.48. The monoisotopic (exact) mass is 303 g/mol. The van der Waals surface area contributed by atoms with Crippen LogP contribution in [-0.2, 0) is 0 Å². The van der Waals surface area contributed by atoms with Gasteiger partial charge in [-0.1, -0.05) is 41.9 Å². The molecular weight excluding hydrogens is 282 g/mol. The highest BCUT2D eigenvalue weighted by molar-refractivity contribution is 6.30. The Labute approximate surface area is 132 Å². The lowest BCUT2D eigenvalue weighted by Crippen LogP contribution is -2.18. The van der Waals surface area contributed by atoms with Gasteiger partial charge in [0, 0.05) is 11.6 Å². The Bertz CT molecular complexity index is 530. The quantitative estimate of drug-likeness (QED) is 0.725. The zero-order valence-electron chi connectivity index (χ0n) is 12.4. The third kappa shape index (κ3) is 5.41. The average Bonchev–Trinajstić information content (AvgIpc) is 2.51. The van der Waals surface area contributed by atoms with Crippen LogP contribution in [0.15, 0.2) is 54.6 Å². The zero-order valence-corrected chi connectivity index (χ0v) is 13.1. The van der Waals surface area contributed by atoms with Crippen molar-refractivity contribution < 1.29 is 4.74 Å². The first-order chi connectivity index (χ1) is 10.3. The van der Waals surface area contributed by atoms with E-state index in [9.17, 15) is 0 Å². The minimum atomic E-state index is 0.466. The molecule has 0 saturated carbocycles. The highest BCUT2D eigenvalue weighted by Gasteiger charge is 2.11. The van der Waals surface area contributed by atoms with Crippen LogP contribution in [0.5, 0.6) is 5.75 Å². The molecular formula is C18H22ClNO. The van der Waals surface area contributed by atoms with Crippen LogP contribution in [0.1, 0.15) is 24.3 Å². The van der Waals surface area contributed by atoms with Crippen molar-refractivity contribution in [1.82, 2.24) is 5.32 Å². The Morgan fingerprint density at radius 3 is 2.62 bits per heavy atom. The lowest BCUT2D eigenvalue weighted by atomic mass is 9.94. The van der Waals surface area contributed by atoms with E-state index in [1.807, 2.05) is 49.5 Å². The van der Waals surface area contributed by atoms with Gasteiger partial charge in [0.15, 0.2) is 0 Å². The van der Waals surface area contributed by atoms with E-state index in [2.05, 4.69) is 17.4 Å². The molecule has 0 heterocycles. The minimum absolute atomic E-state index is 0.466. The molecule has 0 spiro atoms. The van der Waals surface area contributed by atoms with Crippen LogP contribution in [0, 0.1) is 0 Å². The van der Waals surface area contributed by atoms with Gasteiger partial charge in [-0.05, 0) is 55.6 Å². The van der Waals surface area contributed by atoms with E-state index in [0.717, 1.165) is 36.8 Å². The first kappa shape index (κ1) is 15.9. The predicted molar refractivity (Wildman–Crippen MR) is 89.3 cm³/mol. The summed E-state index contributed by atoms with van der Waals surface area (Å²) in [5, 5.41) is 4.06. The summed E-state index contributed by atoms with van der Waals surface area (Å²) >= 11 is 6.09. The highest BCUT2D eigenvalue weighted by atomic mass is 35.5. The molecule has 0 amide bonds. The molecule has 0 aliphatic carbocycles. The highest BCUT2D eigenvalue weighted by Crippen LogP contribution is 2.23. The van der Waals surface area contributed by atoms with Crippen LogP contribution < -0.4 is 10.1 Å². The van der Waals surface area contributed by atoms with Gasteiger partial charge in [0.2, 0.25) is 0 Å². The summed E-state index contributed by atoms with van der Waals surface area (Å²) in [5.74, 6) is 1.40. The second-order valence-corrected chi connectivity index (χ2v) is 5.55. The molecule has 2 rings (SSSR count). The van der Waals surface area contributed by atoms with Crippen LogP contribution in [0.4, 0.5) is 0 Å². The SMILES string of the molecule is CNCC(CCCOc1ccccc1)c1cccc(Cl)c1. The van der Waals surface area contributed by atoms with Gasteiger partial charge in [0.05, 0.1) is 6.61 Å². The molecule has 0 radical (unpaired) electrons. The number of ether oxygens (including phenoxy) is 1. The molecule has 1 atom stereocenters. The molecule has 2 aromatic rings. The normalized spacial score (nSPS) is 12.1. The summed E-state index contributed by atoms with van der Waals surface area (Å²) in [5.41, 5.74) is 1.29. The van der Waals surface area contributed by atoms with Crippen molar-refractivity contribution in [3.63, 3.8) is 0 Å². The molecule has 0 aliphatic rings. The number of rotatable bonds is 8. The average molecular weight is 304 g/mol. The van der Waals surface area contributed by atoms with Crippen molar-refractivity contribution in [2.24, 2.45) is 0 Å². The number of benzene rings is 2. The summed E-state index contributed by atoms with van der Waals surface area (Å²) in [6.07, 6.45) is 2.10. The number of nitrogens with one attached hydrogen (secondary N) is 1. The van der Waals surface area contributed by atoms with Crippen molar-refractivity contribution in [2.75, 3.05) is 20.2 Å². The summed E-state index contributed by atoms with van der Waals surface area (Å²) in [7, 11) is 1.98. The van der Waals surface area contributed by atoms with Crippen molar-refractivity contribution in [1.29, 1.82) is 0 Å². The van der Waals surface area contributed by atoms with E-state index in [1.54, 1.807) is 0 Å². The van der Waals surface area contributed by atoms with E-state index in [-0.39, 0.29) is 0 Å². The molecule has 0 aliphatic heterocycles. The number of hydrogen-bond acceptors (Lipinski definition) is 2. The van der Waals surface area contributed by atoms with Gasteiger partial charge < -0.3 is 10.1 Å². The van der Waals surface area contributed by atoms with Gasteiger partial charge >= 0.3 is 0 Å². The van der Waals surface area contributed by atoms with Gasteiger partial charge in [-0.25, -0.2) is 0 Å². The van der Waals surface area contributed by atoms with Gasteiger partial charge in [-0.3, -0.25) is 0 Å². The third-order valence-corrected chi connectivity index (χ3v) is 3.71. The fourth-order valence-electron chi connectivity index (χ4n) is 2.43. The molecule has 3 heteroatoms. The van der Waals surface area contributed by atoms with Gasteiger partial charge in [0.1, 0.15) is 5.75 Å². The molecule has 0 aromatic heterocycles. The summed E-state index contributed by atoms with van der Waals surface area (Å²) in [6.45, 7) is 1.69. The topological polar surface area (TPSA) is 21.3 Å². The van der Waals surface area contributed by atoms with E-state index >= 15 is 0 Å². The molecule has 112 valence electrons. The van der Waals surface area contributed by atoms with Crippen molar-refractivity contribution in [3.05, 3.63) is 65.2 Å². The van der Waals surface area contributed by atoms with Crippen molar-refractivity contribution >= 4 is 11.6 Å². The number of likely N-dealkylation sites (N-methyl/N-ethyl adjacent to an activating group) is 1. The van der Waals surface area contributed by atoms with Crippen molar-refractivity contribution in [3.8, 4) is 5.75 Å². The van der Waals surface area contributed by atoms with Crippen LogP contribution in [0.25, 0.3) is 0 Å². The molecule has 0 fully saturated rings. The van der Waals surface area contributed by atoms with Crippen LogP contribution in [0.3, 0.4) is 0 Å². The van der Waals surface area contributed by atoms with Crippen LogP contribution in [-0.4, -0.2) is 20.2 Å². The maximum atomic E-state index is 6.09. The Hall–Kier alpha value is -1.51. The largest absolute Gasteiger partial charge is 0.494 e. The molecule has 2 nitrogen and oxygen atoms in total. The number of para-hydroxylation sites is 1. The maximum absolute atomic E-state index is 6.09. The fourth-order valence-corrected chi connectivity index (χ4v) is 2.63. The fraction of sp³-hybridized carbons (Fsp3) is 0.333. The molecule has 1 unspecified atom stereocenters. The Kier molecular flexibility index (Phi) is 6.58. The van der Waals surface area contributed by atoms with E-state index < -0.39 is 0 Å². The Morgan fingerprint density at radius 1 is 1.10 bits per heavy atom. The van der Waals surface area contributed by atoms with E-state index in [4.69, 9.17) is 16.3 Å². The van der Waals surface area contributed by atoms with Crippen molar-refractivity contribution in [2.45, 2.75) is 18.8 Å². The zero-order chi connectivity index (χ0) is 14.9. The van der Waals surface area contributed by atoms with Gasteiger partial charge in [0.25, 0.3) is 0 Å². The van der Waals surface area contributed by atoms with E-state index in [0.29, 0.717) is 5.92 Å². The summed E-state index contributed by atoms with van der Waals surface area (Å²) in [4.78, 5) is 0. The lowest BCUT2D eigenvalue weighted by Gasteiger charge is -2.17. The molecule has 1 N–H and O–H groups in total. The molecule has 2 aromatic carbocycles.